The molecule has 7 heteroatoms. The van der Waals surface area contributed by atoms with Crippen molar-refractivity contribution in [3.05, 3.63) is 71.5 Å². The third kappa shape index (κ3) is 4.46. The molecular formula is C20H18N4O3. The van der Waals surface area contributed by atoms with Crippen LogP contribution in [0, 0.1) is 6.92 Å². The van der Waals surface area contributed by atoms with Crippen molar-refractivity contribution in [2.45, 2.75) is 13.8 Å². The minimum absolute atomic E-state index is 0.0230. The molecule has 3 aromatic rings. The maximum absolute atomic E-state index is 11.5. The Kier molecular flexibility index (Phi) is 5.12. The number of anilines is 4. The minimum Gasteiger partial charge on any atom is -0.478 e. The molecule has 1 aromatic heterocycles. The average Bonchev–Trinajstić information content (AvgIpc) is 2.61. The fourth-order valence-corrected chi connectivity index (χ4v) is 2.58. The van der Waals surface area contributed by atoms with E-state index < -0.39 is 5.97 Å². The highest BCUT2D eigenvalue weighted by molar-refractivity contribution is 5.95. The summed E-state index contributed by atoms with van der Waals surface area (Å²) in [7, 11) is 0. The second-order valence-corrected chi connectivity index (χ2v) is 5.92. The number of nitrogens with zero attached hydrogens (tertiary/aromatic N) is 2. The van der Waals surface area contributed by atoms with Gasteiger partial charge in [0.1, 0.15) is 17.5 Å². The number of carboxylic acids is 1. The number of aryl methyl sites for hydroxylation is 1. The molecule has 0 radical (unpaired) electrons. The Hall–Kier alpha value is -3.74. The summed E-state index contributed by atoms with van der Waals surface area (Å²) in [5.41, 5.74) is 1.90. The largest absolute Gasteiger partial charge is 0.478 e. The smallest absolute Gasteiger partial charge is 0.337 e. The monoisotopic (exact) mass is 362 g/mol. The van der Waals surface area contributed by atoms with Crippen molar-refractivity contribution in [2.24, 2.45) is 0 Å². The van der Waals surface area contributed by atoms with Crippen LogP contribution in [0.1, 0.15) is 33.5 Å². The number of hydrogen-bond donors (Lipinski definition) is 3. The maximum Gasteiger partial charge on any atom is 0.337 e. The minimum atomic E-state index is -1.02. The Labute approximate surface area is 156 Å². The SMILES string of the molecule is CC(=O)c1cccc(Nc2cc(Nc3ccccc3C(=O)O)nc(C)n2)c1. The van der Waals surface area contributed by atoms with Gasteiger partial charge in [-0.2, -0.15) is 0 Å². The molecule has 27 heavy (non-hydrogen) atoms. The van der Waals surface area contributed by atoms with E-state index in [1.165, 1.54) is 13.0 Å². The standard InChI is InChI=1S/C20H18N4O3/c1-12(25)14-6-5-7-15(10-14)23-18-11-19(22-13(2)21-18)24-17-9-4-3-8-16(17)20(26)27/h3-11H,1-2H3,(H,26,27)(H2,21,22,23,24). The Morgan fingerprint density at radius 2 is 1.63 bits per heavy atom. The van der Waals surface area contributed by atoms with E-state index in [0.717, 1.165) is 5.69 Å². The second kappa shape index (κ2) is 7.65. The third-order valence-corrected chi connectivity index (χ3v) is 3.80. The summed E-state index contributed by atoms with van der Waals surface area (Å²) in [6.45, 7) is 3.25. The number of benzene rings is 2. The van der Waals surface area contributed by atoms with Crippen molar-refractivity contribution >= 4 is 34.8 Å². The van der Waals surface area contributed by atoms with Gasteiger partial charge in [0.2, 0.25) is 0 Å². The molecule has 0 aliphatic heterocycles. The first-order valence-corrected chi connectivity index (χ1v) is 8.25. The molecule has 0 saturated heterocycles. The van der Waals surface area contributed by atoms with Crippen LogP contribution in [-0.2, 0) is 0 Å². The zero-order chi connectivity index (χ0) is 19.4. The van der Waals surface area contributed by atoms with Crippen LogP contribution < -0.4 is 10.6 Å². The summed E-state index contributed by atoms with van der Waals surface area (Å²) in [6.07, 6.45) is 0. The molecule has 3 N–H and O–H groups in total. The number of carbonyl (C=O) groups excluding carboxylic acids is 1. The Morgan fingerprint density at radius 3 is 2.33 bits per heavy atom. The molecule has 0 aliphatic carbocycles. The number of carbonyl (C=O) groups is 2. The van der Waals surface area contributed by atoms with Crippen LogP contribution in [0.25, 0.3) is 0 Å². The Balaban J connectivity index is 1.88. The number of para-hydroxylation sites is 1. The number of nitrogens with one attached hydrogen (secondary N) is 2. The molecule has 1 heterocycles. The lowest BCUT2D eigenvalue weighted by Crippen LogP contribution is -2.05. The molecular weight excluding hydrogens is 344 g/mol. The van der Waals surface area contributed by atoms with Crippen LogP contribution in [0.5, 0.6) is 0 Å². The quantitative estimate of drug-likeness (QED) is 0.565. The van der Waals surface area contributed by atoms with Gasteiger partial charge in [-0.25, -0.2) is 14.8 Å². The highest BCUT2D eigenvalue weighted by atomic mass is 16.4. The first-order valence-electron chi connectivity index (χ1n) is 8.25. The molecule has 7 nitrogen and oxygen atoms in total. The summed E-state index contributed by atoms with van der Waals surface area (Å²) in [4.78, 5) is 31.5. The van der Waals surface area contributed by atoms with Gasteiger partial charge < -0.3 is 15.7 Å². The lowest BCUT2D eigenvalue weighted by Gasteiger charge is -2.12. The molecule has 0 aliphatic rings. The normalized spacial score (nSPS) is 10.3. The van der Waals surface area contributed by atoms with Gasteiger partial charge in [-0.3, -0.25) is 4.79 Å². The molecule has 0 amide bonds. The van der Waals surface area contributed by atoms with Crippen LogP contribution in [-0.4, -0.2) is 26.8 Å². The number of aromatic nitrogens is 2. The van der Waals surface area contributed by atoms with E-state index >= 15 is 0 Å². The van der Waals surface area contributed by atoms with Gasteiger partial charge in [-0.15, -0.1) is 0 Å². The maximum atomic E-state index is 11.5. The molecule has 0 saturated carbocycles. The van der Waals surface area contributed by atoms with Gasteiger partial charge in [-0.1, -0.05) is 24.3 Å². The number of carboxylic acid groups (broad SMARTS) is 1. The summed E-state index contributed by atoms with van der Waals surface area (Å²) >= 11 is 0. The fraction of sp³-hybridized carbons (Fsp3) is 0.100. The summed E-state index contributed by atoms with van der Waals surface area (Å²) in [5.74, 6) is 0.450. The fourth-order valence-electron chi connectivity index (χ4n) is 2.58. The van der Waals surface area contributed by atoms with Crippen LogP contribution in [0.3, 0.4) is 0 Å². The van der Waals surface area contributed by atoms with Gasteiger partial charge in [0.25, 0.3) is 0 Å². The van der Waals surface area contributed by atoms with Crippen LogP contribution in [0.15, 0.2) is 54.6 Å². The number of aromatic carboxylic acids is 1. The molecule has 2 aromatic carbocycles. The summed E-state index contributed by atoms with van der Waals surface area (Å²) < 4.78 is 0. The lowest BCUT2D eigenvalue weighted by atomic mass is 10.1. The first kappa shape index (κ1) is 18.1. The van der Waals surface area contributed by atoms with Crippen molar-refractivity contribution in [1.29, 1.82) is 0 Å². The summed E-state index contributed by atoms with van der Waals surface area (Å²) in [5, 5.41) is 15.5. The Morgan fingerprint density at radius 1 is 0.926 bits per heavy atom. The van der Waals surface area contributed by atoms with Gasteiger partial charge in [0, 0.05) is 17.3 Å². The summed E-state index contributed by atoms with van der Waals surface area (Å²) in [6, 6.07) is 15.4. The molecule has 0 unspecified atom stereocenters. The molecule has 0 atom stereocenters. The number of ketones is 1. The van der Waals surface area contributed by atoms with Crippen molar-refractivity contribution < 1.29 is 14.7 Å². The number of rotatable bonds is 6. The number of Topliss-reactive ketones (excluding diaryl/α,β-unsaturated/α-hetero) is 1. The predicted octanol–water partition coefficient (Wildman–Crippen LogP) is 4.17. The van der Waals surface area contributed by atoms with Gasteiger partial charge in [-0.05, 0) is 38.1 Å². The molecule has 136 valence electrons. The molecule has 3 rings (SSSR count). The lowest BCUT2D eigenvalue weighted by molar-refractivity contribution is 0.0697. The van der Waals surface area contributed by atoms with Gasteiger partial charge in [0.05, 0.1) is 11.3 Å². The zero-order valence-electron chi connectivity index (χ0n) is 14.9. The topological polar surface area (TPSA) is 104 Å². The molecule has 0 spiro atoms. The van der Waals surface area contributed by atoms with E-state index in [9.17, 15) is 14.7 Å². The highest BCUT2D eigenvalue weighted by Crippen LogP contribution is 2.23. The predicted molar refractivity (Wildman–Crippen MR) is 103 cm³/mol. The van der Waals surface area contributed by atoms with Crippen LogP contribution >= 0.6 is 0 Å². The van der Waals surface area contributed by atoms with Gasteiger partial charge >= 0.3 is 5.97 Å². The van der Waals surface area contributed by atoms with E-state index in [1.807, 2.05) is 6.07 Å². The first-order chi connectivity index (χ1) is 12.9. The van der Waals surface area contributed by atoms with E-state index in [4.69, 9.17) is 0 Å². The zero-order valence-corrected chi connectivity index (χ0v) is 14.9. The van der Waals surface area contributed by atoms with E-state index in [2.05, 4.69) is 20.6 Å². The molecule has 0 fully saturated rings. The molecule has 0 bridgehead atoms. The van der Waals surface area contributed by atoms with E-state index in [-0.39, 0.29) is 11.3 Å². The second-order valence-electron chi connectivity index (χ2n) is 5.92. The Bertz CT molecular complexity index is 1020. The number of hydrogen-bond acceptors (Lipinski definition) is 6. The van der Waals surface area contributed by atoms with Crippen LogP contribution in [0.4, 0.5) is 23.0 Å². The van der Waals surface area contributed by atoms with E-state index in [0.29, 0.717) is 28.7 Å². The average molecular weight is 362 g/mol. The van der Waals surface area contributed by atoms with Crippen molar-refractivity contribution in [3.8, 4) is 0 Å². The van der Waals surface area contributed by atoms with Crippen molar-refractivity contribution in [1.82, 2.24) is 9.97 Å². The highest BCUT2D eigenvalue weighted by Gasteiger charge is 2.11. The van der Waals surface area contributed by atoms with Crippen molar-refractivity contribution in [2.75, 3.05) is 10.6 Å². The third-order valence-electron chi connectivity index (χ3n) is 3.80. The van der Waals surface area contributed by atoms with Crippen molar-refractivity contribution in [3.63, 3.8) is 0 Å². The van der Waals surface area contributed by atoms with Crippen LogP contribution in [0.2, 0.25) is 0 Å². The van der Waals surface area contributed by atoms with E-state index in [1.54, 1.807) is 49.4 Å². The van der Waals surface area contributed by atoms with Gasteiger partial charge in [0.15, 0.2) is 5.78 Å².